The number of carbonyl (C=O) groups excluding carboxylic acids is 2. The molecule has 2 amide bonds. The van der Waals surface area contributed by atoms with Crippen LogP contribution in [0.2, 0.25) is 0 Å². The van der Waals surface area contributed by atoms with Crippen LogP contribution in [0.3, 0.4) is 0 Å². The summed E-state index contributed by atoms with van der Waals surface area (Å²) in [7, 11) is 0. The Labute approximate surface area is 118 Å². The van der Waals surface area contributed by atoms with E-state index >= 15 is 0 Å². The van der Waals surface area contributed by atoms with Gasteiger partial charge in [0.05, 0.1) is 5.69 Å². The molecule has 1 aromatic heterocycles. The van der Waals surface area contributed by atoms with Crippen LogP contribution < -0.4 is 5.32 Å². The van der Waals surface area contributed by atoms with E-state index in [0.29, 0.717) is 26.1 Å². The molecule has 0 aliphatic carbocycles. The topological polar surface area (TPSA) is 75.4 Å². The Kier molecular flexibility index (Phi) is 4.76. The fourth-order valence-electron chi connectivity index (χ4n) is 2.44. The number of hydrogen-bond acceptors (Lipinski definition) is 4. The quantitative estimate of drug-likeness (QED) is 0.888. The zero-order chi connectivity index (χ0) is 14.5. The highest BCUT2D eigenvalue weighted by molar-refractivity contribution is 5.79. The molecule has 0 atom stereocenters. The zero-order valence-corrected chi connectivity index (χ0v) is 12.0. The third kappa shape index (κ3) is 3.82. The second-order valence-corrected chi connectivity index (χ2v) is 5.26. The number of piperidine rings is 1. The Balaban J connectivity index is 1.69. The van der Waals surface area contributed by atoms with Crippen molar-refractivity contribution in [2.24, 2.45) is 5.92 Å². The third-order valence-electron chi connectivity index (χ3n) is 3.66. The average Bonchev–Trinajstić information content (AvgIpc) is 2.84. The van der Waals surface area contributed by atoms with Crippen LogP contribution in [0.15, 0.2) is 10.6 Å². The van der Waals surface area contributed by atoms with Gasteiger partial charge in [-0.15, -0.1) is 0 Å². The second kappa shape index (κ2) is 6.54. The fraction of sp³-hybridized carbons (Fsp3) is 0.643. The molecule has 0 radical (unpaired) electrons. The lowest BCUT2D eigenvalue weighted by Crippen LogP contribution is -2.42. The summed E-state index contributed by atoms with van der Waals surface area (Å²) < 4.78 is 5.09. The first-order chi connectivity index (χ1) is 9.56. The Morgan fingerprint density at radius 1 is 1.45 bits per heavy atom. The number of nitrogens with zero attached hydrogens (tertiary/aromatic N) is 2. The lowest BCUT2D eigenvalue weighted by molar-refractivity contribution is -0.133. The Hall–Kier alpha value is -1.85. The first-order valence-electron chi connectivity index (χ1n) is 7.01. The van der Waals surface area contributed by atoms with Gasteiger partial charge in [-0.1, -0.05) is 5.16 Å². The minimum Gasteiger partial charge on any atom is -0.361 e. The van der Waals surface area contributed by atoms with Crippen molar-refractivity contribution in [3.05, 3.63) is 17.5 Å². The molecule has 1 saturated heterocycles. The van der Waals surface area contributed by atoms with Crippen LogP contribution >= 0.6 is 0 Å². The largest absolute Gasteiger partial charge is 0.361 e. The first kappa shape index (κ1) is 14.6. The molecule has 0 saturated carbocycles. The number of hydrogen-bond donors (Lipinski definition) is 1. The van der Waals surface area contributed by atoms with Gasteiger partial charge in [-0.25, -0.2) is 0 Å². The van der Waals surface area contributed by atoms with Gasteiger partial charge in [-0.05, 0) is 19.8 Å². The van der Waals surface area contributed by atoms with E-state index in [9.17, 15) is 9.59 Å². The van der Waals surface area contributed by atoms with Gasteiger partial charge in [0.2, 0.25) is 11.8 Å². The molecule has 1 aliphatic heterocycles. The van der Waals surface area contributed by atoms with Crippen LogP contribution in [0.25, 0.3) is 0 Å². The van der Waals surface area contributed by atoms with E-state index in [0.717, 1.165) is 24.3 Å². The maximum absolute atomic E-state index is 12.0. The van der Waals surface area contributed by atoms with Crippen molar-refractivity contribution in [1.29, 1.82) is 0 Å². The number of aromatic nitrogens is 1. The summed E-state index contributed by atoms with van der Waals surface area (Å²) in [5.41, 5.74) is 0.850. The number of nitrogens with one attached hydrogen (secondary N) is 1. The first-order valence-corrected chi connectivity index (χ1v) is 7.01. The summed E-state index contributed by atoms with van der Waals surface area (Å²) in [5.74, 6) is 0.963. The smallest absolute Gasteiger partial charge is 0.223 e. The van der Waals surface area contributed by atoms with Crippen molar-refractivity contribution >= 4 is 11.8 Å². The van der Waals surface area contributed by atoms with Crippen LogP contribution in [-0.2, 0) is 16.0 Å². The average molecular weight is 279 g/mol. The van der Waals surface area contributed by atoms with E-state index in [1.807, 2.05) is 13.0 Å². The third-order valence-corrected chi connectivity index (χ3v) is 3.66. The van der Waals surface area contributed by atoms with Crippen molar-refractivity contribution in [2.75, 3.05) is 19.6 Å². The van der Waals surface area contributed by atoms with E-state index < -0.39 is 0 Å². The standard InChI is InChI=1S/C14H21N3O3/c1-10-9-13(20-16-10)3-6-15-14(19)12-4-7-17(8-5-12)11(2)18/h9,12H,3-8H2,1-2H3,(H,15,19). The summed E-state index contributed by atoms with van der Waals surface area (Å²) in [4.78, 5) is 25.0. The highest BCUT2D eigenvalue weighted by Gasteiger charge is 2.25. The van der Waals surface area contributed by atoms with Crippen molar-refractivity contribution in [2.45, 2.75) is 33.1 Å². The van der Waals surface area contributed by atoms with Crippen molar-refractivity contribution < 1.29 is 14.1 Å². The number of likely N-dealkylation sites (tertiary alicyclic amines) is 1. The van der Waals surface area contributed by atoms with E-state index in [4.69, 9.17) is 4.52 Å². The molecule has 0 unspecified atom stereocenters. The maximum atomic E-state index is 12.0. The summed E-state index contributed by atoms with van der Waals surface area (Å²) in [6, 6.07) is 1.87. The zero-order valence-electron chi connectivity index (χ0n) is 12.0. The van der Waals surface area contributed by atoms with Crippen LogP contribution in [0.4, 0.5) is 0 Å². The summed E-state index contributed by atoms with van der Waals surface area (Å²) >= 11 is 0. The normalized spacial score (nSPS) is 16.2. The molecule has 6 heteroatoms. The molecule has 2 rings (SSSR count). The number of carbonyl (C=O) groups is 2. The van der Waals surface area contributed by atoms with Gasteiger partial charge >= 0.3 is 0 Å². The van der Waals surface area contributed by atoms with Crippen LogP contribution in [0, 0.1) is 12.8 Å². The molecule has 1 fully saturated rings. The van der Waals surface area contributed by atoms with Crippen molar-refractivity contribution in [3.8, 4) is 0 Å². The fourth-order valence-corrected chi connectivity index (χ4v) is 2.44. The van der Waals surface area contributed by atoms with Gasteiger partial charge in [0.25, 0.3) is 0 Å². The predicted octanol–water partition coefficient (Wildman–Crippen LogP) is 0.900. The lowest BCUT2D eigenvalue weighted by Gasteiger charge is -2.30. The van der Waals surface area contributed by atoms with Crippen LogP contribution in [0.1, 0.15) is 31.2 Å². The minimum absolute atomic E-state index is 0.0158. The molecule has 1 aromatic rings. The van der Waals surface area contributed by atoms with Gasteiger partial charge < -0.3 is 14.7 Å². The van der Waals surface area contributed by atoms with E-state index in [1.54, 1.807) is 11.8 Å². The highest BCUT2D eigenvalue weighted by Crippen LogP contribution is 2.17. The van der Waals surface area contributed by atoms with Crippen LogP contribution in [0.5, 0.6) is 0 Å². The van der Waals surface area contributed by atoms with Gasteiger partial charge in [-0.3, -0.25) is 9.59 Å². The predicted molar refractivity (Wildman–Crippen MR) is 72.9 cm³/mol. The van der Waals surface area contributed by atoms with Crippen molar-refractivity contribution in [1.82, 2.24) is 15.4 Å². The van der Waals surface area contributed by atoms with E-state index in [-0.39, 0.29) is 17.7 Å². The molecule has 1 N–H and O–H groups in total. The van der Waals surface area contributed by atoms with Crippen molar-refractivity contribution in [3.63, 3.8) is 0 Å². The second-order valence-electron chi connectivity index (χ2n) is 5.26. The number of rotatable bonds is 4. The van der Waals surface area contributed by atoms with Gasteiger partial charge in [0.15, 0.2) is 0 Å². The molecular weight excluding hydrogens is 258 g/mol. The molecule has 110 valence electrons. The Bertz CT molecular complexity index is 476. The summed E-state index contributed by atoms with van der Waals surface area (Å²) in [6.07, 6.45) is 2.14. The molecular formula is C14H21N3O3. The Morgan fingerprint density at radius 3 is 2.70 bits per heavy atom. The van der Waals surface area contributed by atoms with E-state index in [2.05, 4.69) is 10.5 Å². The Morgan fingerprint density at radius 2 is 2.15 bits per heavy atom. The molecule has 2 heterocycles. The number of amides is 2. The molecule has 1 aliphatic rings. The molecule has 0 aromatic carbocycles. The number of aryl methyl sites for hydroxylation is 1. The molecule has 0 spiro atoms. The molecule has 6 nitrogen and oxygen atoms in total. The van der Waals surface area contributed by atoms with E-state index in [1.165, 1.54) is 0 Å². The molecule has 0 bridgehead atoms. The van der Waals surface area contributed by atoms with Gasteiger partial charge in [0, 0.05) is 45.0 Å². The summed E-state index contributed by atoms with van der Waals surface area (Å²) in [5, 5.41) is 6.73. The highest BCUT2D eigenvalue weighted by atomic mass is 16.5. The van der Waals surface area contributed by atoms with Gasteiger partial charge in [-0.2, -0.15) is 0 Å². The summed E-state index contributed by atoms with van der Waals surface area (Å²) in [6.45, 7) is 5.35. The minimum atomic E-state index is 0.0158. The van der Waals surface area contributed by atoms with Gasteiger partial charge in [0.1, 0.15) is 5.76 Å². The SMILES string of the molecule is CC(=O)N1CCC(C(=O)NCCc2cc(C)no2)CC1. The monoisotopic (exact) mass is 279 g/mol. The lowest BCUT2D eigenvalue weighted by atomic mass is 9.96. The van der Waals surface area contributed by atoms with Crippen LogP contribution in [-0.4, -0.2) is 41.5 Å². The maximum Gasteiger partial charge on any atom is 0.223 e. The molecule has 20 heavy (non-hydrogen) atoms.